The van der Waals surface area contributed by atoms with E-state index in [-0.39, 0.29) is 0 Å². The third-order valence-corrected chi connectivity index (χ3v) is 1.40. The molecular weight excluding hydrogens is 114 g/mol. The Morgan fingerprint density at radius 2 is 1.44 bits per heavy atom. The lowest BCUT2D eigenvalue weighted by Gasteiger charge is -2.28. The smallest absolute Gasteiger partial charge is 0.0738 e. The second-order valence-corrected chi connectivity index (χ2v) is 2.64. The highest BCUT2D eigenvalue weighted by molar-refractivity contribution is 4.61. The molecule has 56 valence electrons. The van der Waals surface area contributed by atoms with Crippen LogP contribution in [-0.4, -0.2) is 50.7 Å². The van der Waals surface area contributed by atoms with E-state index in [1.165, 1.54) is 0 Å². The van der Waals surface area contributed by atoms with Crippen LogP contribution < -0.4 is 5.73 Å². The zero-order valence-electron chi connectivity index (χ0n) is 6.76. The van der Waals surface area contributed by atoms with E-state index >= 15 is 0 Å². The molecule has 0 spiro atoms. The minimum atomic E-state index is 0.366. The Kier molecular flexibility index (Phi) is 3.77. The quantitative estimate of drug-likeness (QED) is 0.519. The largest absolute Gasteiger partial charge is 0.328 e. The summed E-state index contributed by atoms with van der Waals surface area (Å²) in [5.41, 5.74) is 5.49. The first-order valence-corrected chi connectivity index (χ1v) is 3.12. The van der Waals surface area contributed by atoms with Crippen molar-refractivity contribution in [2.45, 2.75) is 6.17 Å². The molecule has 0 aliphatic heterocycles. The molecule has 0 radical (unpaired) electrons. The summed E-state index contributed by atoms with van der Waals surface area (Å²) in [6, 6.07) is 0. The Labute approximate surface area is 57.4 Å². The third-order valence-electron chi connectivity index (χ3n) is 1.40. The molecule has 0 amide bonds. The van der Waals surface area contributed by atoms with Gasteiger partial charge in [0.15, 0.2) is 0 Å². The molecule has 0 saturated carbocycles. The van der Waals surface area contributed by atoms with E-state index in [0.29, 0.717) is 12.7 Å². The maximum absolute atomic E-state index is 5.49. The second kappa shape index (κ2) is 3.82. The van der Waals surface area contributed by atoms with Gasteiger partial charge in [-0.1, -0.05) is 0 Å². The Balaban J connectivity index is 3.68. The Hall–Kier alpha value is -0.120. The molecule has 0 aliphatic carbocycles. The van der Waals surface area contributed by atoms with Gasteiger partial charge in [-0.15, -0.1) is 0 Å². The molecule has 0 aromatic carbocycles. The number of hydrogen-bond acceptors (Lipinski definition) is 3. The maximum atomic E-state index is 5.49. The number of rotatable bonds is 3. The molecule has 0 bridgehead atoms. The summed E-state index contributed by atoms with van der Waals surface area (Å²) < 4.78 is 0. The lowest BCUT2D eigenvalue weighted by Crippen LogP contribution is -2.45. The van der Waals surface area contributed by atoms with Crippen molar-refractivity contribution in [3.63, 3.8) is 0 Å². The predicted molar refractivity (Wildman–Crippen MR) is 40.2 cm³/mol. The topological polar surface area (TPSA) is 32.5 Å². The van der Waals surface area contributed by atoms with Crippen molar-refractivity contribution in [2.75, 3.05) is 34.7 Å². The zero-order valence-corrected chi connectivity index (χ0v) is 6.76. The van der Waals surface area contributed by atoms with Gasteiger partial charge in [-0.25, -0.2) is 0 Å². The molecular formula is C6H17N3. The van der Waals surface area contributed by atoms with Crippen LogP contribution in [0.4, 0.5) is 0 Å². The lowest BCUT2D eigenvalue weighted by molar-refractivity contribution is 0.137. The Morgan fingerprint density at radius 3 is 1.44 bits per heavy atom. The van der Waals surface area contributed by atoms with Gasteiger partial charge >= 0.3 is 0 Å². The van der Waals surface area contributed by atoms with Gasteiger partial charge in [-0.2, -0.15) is 0 Å². The van der Waals surface area contributed by atoms with Gasteiger partial charge in [0.1, 0.15) is 0 Å². The maximum Gasteiger partial charge on any atom is 0.0738 e. The molecule has 0 saturated heterocycles. The van der Waals surface area contributed by atoms with Crippen LogP contribution in [0.1, 0.15) is 0 Å². The van der Waals surface area contributed by atoms with Crippen LogP contribution >= 0.6 is 0 Å². The first kappa shape index (κ1) is 8.88. The molecule has 0 rings (SSSR count). The summed E-state index contributed by atoms with van der Waals surface area (Å²) in [4.78, 5) is 4.19. The molecule has 2 N–H and O–H groups in total. The molecule has 9 heavy (non-hydrogen) atoms. The van der Waals surface area contributed by atoms with Crippen molar-refractivity contribution in [3.8, 4) is 0 Å². The van der Waals surface area contributed by atoms with Crippen LogP contribution in [0.25, 0.3) is 0 Å². The number of nitrogens with zero attached hydrogens (tertiary/aromatic N) is 2. The molecule has 0 atom stereocenters. The fourth-order valence-corrected chi connectivity index (χ4v) is 0.884. The van der Waals surface area contributed by atoms with Gasteiger partial charge < -0.3 is 5.73 Å². The predicted octanol–water partition coefficient (Wildman–Crippen LogP) is -0.606. The van der Waals surface area contributed by atoms with Crippen molar-refractivity contribution in [3.05, 3.63) is 0 Å². The van der Waals surface area contributed by atoms with E-state index < -0.39 is 0 Å². The van der Waals surface area contributed by atoms with E-state index in [0.717, 1.165) is 0 Å². The summed E-state index contributed by atoms with van der Waals surface area (Å²) in [7, 11) is 8.10. The van der Waals surface area contributed by atoms with Crippen LogP contribution in [0, 0.1) is 0 Å². The summed E-state index contributed by atoms with van der Waals surface area (Å²) in [6.45, 7) is 0.681. The highest BCUT2D eigenvalue weighted by Crippen LogP contribution is 1.92. The van der Waals surface area contributed by atoms with Crippen LogP contribution in [0.3, 0.4) is 0 Å². The SMILES string of the molecule is CN(C)C(CN)N(C)C. The van der Waals surface area contributed by atoms with Gasteiger partial charge in [0.05, 0.1) is 6.17 Å². The molecule has 0 aliphatic rings. The fraction of sp³-hybridized carbons (Fsp3) is 1.00. The third kappa shape index (κ3) is 2.79. The summed E-state index contributed by atoms with van der Waals surface area (Å²) >= 11 is 0. The van der Waals surface area contributed by atoms with Gasteiger partial charge in [0.25, 0.3) is 0 Å². The molecule has 0 unspecified atom stereocenters. The van der Waals surface area contributed by atoms with Gasteiger partial charge in [0, 0.05) is 6.54 Å². The van der Waals surface area contributed by atoms with E-state index in [1.54, 1.807) is 0 Å². The van der Waals surface area contributed by atoms with E-state index in [4.69, 9.17) is 5.73 Å². The number of likely N-dealkylation sites (N-methyl/N-ethyl adjacent to an activating group) is 2. The van der Waals surface area contributed by atoms with E-state index in [1.807, 2.05) is 28.2 Å². The van der Waals surface area contributed by atoms with Crippen LogP contribution in [0.5, 0.6) is 0 Å². The van der Waals surface area contributed by atoms with Crippen molar-refractivity contribution in [1.82, 2.24) is 9.80 Å². The van der Waals surface area contributed by atoms with Crippen molar-refractivity contribution in [2.24, 2.45) is 5.73 Å². The minimum Gasteiger partial charge on any atom is -0.328 e. The van der Waals surface area contributed by atoms with Crippen LogP contribution in [0.2, 0.25) is 0 Å². The fourth-order valence-electron chi connectivity index (χ4n) is 0.884. The normalized spacial score (nSPS) is 12.0. The standard InChI is InChI=1S/C6H17N3/c1-8(2)6(5-7)9(3)4/h6H,5,7H2,1-4H3. The highest BCUT2D eigenvalue weighted by Gasteiger charge is 2.09. The van der Waals surface area contributed by atoms with E-state index in [9.17, 15) is 0 Å². The average molecular weight is 131 g/mol. The zero-order chi connectivity index (χ0) is 7.44. The first-order chi connectivity index (χ1) is 4.09. The van der Waals surface area contributed by atoms with Crippen LogP contribution in [-0.2, 0) is 0 Å². The van der Waals surface area contributed by atoms with Gasteiger partial charge in [0.2, 0.25) is 0 Å². The average Bonchev–Trinajstić information content (AvgIpc) is 1.64. The van der Waals surface area contributed by atoms with Crippen molar-refractivity contribution in [1.29, 1.82) is 0 Å². The van der Waals surface area contributed by atoms with E-state index in [2.05, 4.69) is 9.80 Å². The molecule has 0 fully saturated rings. The van der Waals surface area contributed by atoms with Crippen molar-refractivity contribution >= 4 is 0 Å². The Bertz CT molecular complexity index is 62.7. The lowest BCUT2D eigenvalue weighted by atomic mass is 10.4. The molecule has 0 heterocycles. The summed E-state index contributed by atoms with van der Waals surface area (Å²) in [5, 5.41) is 0. The van der Waals surface area contributed by atoms with Gasteiger partial charge in [-0.3, -0.25) is 9.80 Å². The molecule has 0 aromatic rings. The first-order valence-electron chi connectivity index (χ1n) is 3.12. The summed E-state index contributed by atoms with van der Waals surface area (Å²) in [6.07, 6.45) is 0.366. The van der Waals surface area contributed by atoms with Crippen molar-refractivity contribution < 1.29 is 0 Å². The summed E-state index contributed by atoms with van der Waals surface area (Å²) in [5.74, 6) is 0. The molecule has 3 heteroatoms. The van der Waals surface area contributed by atoms with Gasteiger partial charge in [-0.05, 0) is 28.2 Å². The molecule has 3 nitrogen and oxygen atoms in total. The Morgan fingerprint density at radius 1 is 1.11 bits per heavy atom. The number of hydrogen-bond donors (Lipinski definition) is 1. The second-order valence-electron chi connectivity index (χ2n) is 2.64. The monoisotopic (exact) mass is 131 g/mol. The molecule has 0 aromatic heterocycles. The van der Waals surface area contributed by atoms with Crippen LogP contribution in [0.15, 0.2) is 0 Å². The highest BCUT2D eigenvalue weighted by atomic mass is 15.3. The number of nitrogens with two attached hydrogens (primary N) is 1. The minimum absolute atomic E-state index is 0.366.